The Morgan fingerprint density at radius 3 is 2.30 bits per heavy atom. The Morgan fingerprint density at radius 1 is 0.967 bits per heavy atom. The molecule has 0 aliphatic heterocycles. The topological polar surface area (TPSA) is 55.8 Å². The average Bonchev–Trinajstić information content (AvgIpc) is 2.76. The minimum absolute atomic E-state index is 0.567. The SMILES string of the molecule is CCc1cc(-c2ccc(OC)cc2/C=C/C(=O)O)ccc1-c1ccc(OC)c(Cl)c1. The van der Waals surface area contributed by atoms with Crippen LogP contribution in [0.1, 0.15) is 18.1 Å². The molecule has 3 rings (SSSR count). The van der Waals surface area contributed by atoms with E-state index >= 15 is 0 Å². The Balaban J connectivity index is 2.09. The first-order valence-corrected chi connectivity index (χ1v) is 9.90. The number of methoxy groups -OCH3 is 2. The molecular formula is C25H23ClO4. The van der Waals surface area contributed by atoms with Gasteiger partial charge in [-0.2, -0.15) is 0 Å². The van der Waals surface area contributed by atoms with Crippen molar-refractivity contribution in [3.63, 3.8) is 0 Å². The number of hydrogen-bond acceptors (Lipinski definition) is 3. The predicted molar refractivity (Wildman–Crippen MR) is 121 cm³/mol. The number of aliphatic carboxylic acids is 1. The number of halogens is 1. The van der Waals surface area contributed by atoms with Crippen LogP contribution in [0.2, 0.25) is 5.02 Å². The third kappa shape index (κ3) is 4.66. The summed E-state index contributed by atoms with van der Waals surface area (Å²) in [6, 6.07) is 17.6. The fourth-order valence-electron chi connectivity index (χ4n) is 3.40. The van der Waals surface area contributed by atoms with Crippen LogP contribution in [-0.4, -0.2) is 25.3 Å². The fourth-order valence-corrected chi connectivity index (χ4v) is 3.66. The molecule has 0 fully saturated rings. The molecule has 0 radical (unpaired) electrons. The third-order valence-electron chi connectivity index (χ3n) is 4.92. The zero-order valence-corrected chi connectivity index (χ0v) is 17.9. The molecule has 0 saturated carbocycles. The van der Waals surface area contributed by atoms with E-state index in [9.17, 15) is 4.79 Å². The summed E-state index contributed by atoms with van der Waals surface area (Å²) in [5, 5.41) is 9.60. The summed E-state index contributed by atoms with van der Waals surface area (Å²) in [5.41, 5.74) is 5.99. The number of ether oxygens (including phenoxy) is 2. The Hall–Kier alpha value is -3.24. The van der Waals surface area contributed by atoms with Crippen molar-refractivity contribution in [2.24, 2.45) is 0 Å². The molecule has 3 aromatic carbocycles. The van der Waals surface area contributed by atoms with Crippen LogP contribution < -0.4 is 9.47 Å². The number of hydrogen-bond donors (Lipinski definition) is 1. The second-order valence-corrected chi connectivity index (χ2v) is 7.11. The second kappa shape index (κ2) is 9.51. The van der Waals surface area contributed by atoms with Gasteiger partial charge in [-0.15, -0.1) is 0 Å². The fraction of sp³-hybridized carbons (Fsp3) is 0.160. The predicted octanol–water partition coefficient (Wildman–Crippen LogP) is 6.35. The van der Waals surface area contributed by atoms with Gasteiger partial charge in [0.2, 0.25) is 0 Å². The molecule has 0 unspecified atom stereocenters. The van der Waals surface area contributed by atoms with Crippen LogP contribution in [0, 0.1) is 0 Å². The summed E-state index contributed by atoms with van der Waals surface area (Å²) < 4.78 is 10.6. The van der Waals surface area contributed by atoms with Crippen molar-refractivity contribution in [1.82, 2.24) is 0 Å². The van der Waals surface area contributed by atoms with E-state index in [2.05, 4.69) is 19.1 Å². The standard InChI is InChI=1S/C25H23ClO4/c1-4-16-13-17(5-9-21(16)19-6-11-24(30-3)23(26)15-19)22-10-8-20(29-2)14-18(22)7-12-25(27)28/h5-15H,4H2,1-3H3,(H,27,28)/b12-7+. The molecule has 4 nitrogen and oxygen atoms in total. The van der Waals surface area contributed by atoms with E-state index in [1.165, 1.54) is 0 Å². The summed E-state index contributed by atoms with van der Waals surface area (Å²) in [6.07, 6.45) is 3.55. The summed E-state index contributed by atoms with van der Waals surface area (Å²) in [7, 11) is 3.18. The molecule has 3 aromatic rings. The highest BCUT2D eigenvalue weighted by Gasteiger charge is 2.11. The van der Waals surface area contributed by atoms with E-state index in [1.54, 1.807) is 20.3 Å². The average molecular weight is 423 g/mol. The van der Waals surface area contributed by atoms with Crippen molar-refractivity contribution in [3.05, 3.63) is 76.8 Å². The second-order valence-electron chi connectivity index (χ2n) is 6.70. The van der Waals surface area contributed by atoms with Crippen LogP contribution in [0.4, 0.5) is 0 Å². The van der Waals surface area contributed by atoms with Gasteiger partial charge < -0.3 is 14.6 Å². The lowest BCUT2D eigenvalue weighted by molar-refractivity contribution is -0.131. The largest absolute Gasteiger partial charge is 0.497 e. The quantitative estimate of drug-likeness (QED) is 0.450. The smallest absolute Gasteiger partial charge is 0.328 e. The Morgan fingerprint density at radius 2 is 1.67 bits per heavy atom. The number of carboxylic acids is 1. The highest BCUT2D eigenvalue weighted by atomic mass is 35.5. The van der Waals surface area contributed by atoms with Crippen LogP contribution in [0.15, 0.2) is 60.7 Å². The van der Waals surface area contributed by atoms with E-state index in [0.717, 1.165) is 45.9 Å². The van der Waals surface area contributed by atoms with Gasteiger partial charge in [0.15, 0.2) is 0 Å². The molecule has 0 aliphatic carbocycles. The summed E-state index contributed by atoms with van der Waals surface area (Å²) in [5.74, 6) is 0.317. The molecule has 1 N–H and O–H groups in total. The van der Waals surface area contributed by atoms with Crippen molar-refractivity contribution < 1.29 is 19.4 Å². The van der Waals surface area contributed by atoms with Gasteiger partial charge >= 0.3 is 5.97 Å². The molecule has 0 saturated heterocycles. The Kier molecular flexibility index (Phi) is 6.80. The van der Waals surface area contributed by atoms with Gasteiger partial charge in [0, 0.05) is 6.08 Å². The van der Waals surface area contributed by atoms with Crippen LogP contribution in [0.3, 0.4) is 0 Å². The molecule has 0 amide bonds. The van der Waals surface area contributed by atoms with Crippen molar-refractivity contribution in [2.75, 3.05) is 14.2 Å². The van der Waals surface area contributed by atoms with Gasteiger partial charge in [-0.3, -0.25) is 0 Å². The summed E-state index contributed by atoms with van der Waals surface area (Å²) in [6.45, 7) is 2.10. The molecule has 154 valence electrons. The highest BCUT2D eigenvalue weighted by Crippen LogP contribution is 2.35. The molecule has 0 aliphatic rings. The van der Waals surface area contributed by atoms with E-state index in [1.807, 2.05) is 42.5 Å². The van der Waals surface area contributed by atoms with Gasteiger partial charge in [0.05, 0.1) is 19.2 Å². The normalized spacial score (nSPS) is 10.9. The molecular weight excluding hydrogens is 400 g/mol. The van der Waals surface area contributed by atoms with Gasteiger partial charge in [0.25, 0.3) is 0 Å². The maximum Gasteiger partial charge on any atom is 0.328 e. The summed E-state index contributed by atoms with van der Waals surface area (Å²) >= 11 is 6.32. The zero-order valence-electron chi connectivity index (χ0n) is 17.1. The number of rotatable bonds is 7. The Labute approximate surface area is 181 Å². The van der Waals surface area contributed by atoms with E-state index in [-0.39, 0.29) is 0 Å². The van der Waals surface area contributed by atoms with E-state index in [4.69, 9.17) is 26.2 Å². The van der Waals surface area contributed by atoms with Crippen LogP contribution in [-0.2, 0) is 11.2 Å². The van der Waals surface area contributed by atoms with Crippen molar-refractivity contribution >= 4 is 23.6 Å². The summed E-state index contributed by atoms with van der Waals surface area (Å²) in [4.78, 5) is 11.0. The van der Waals surface area contributed by atoms with Gasteiger partial charge in [-0.25, -0.2) is 4.79 Å². The van der Waals surface area contributed by atoms with Crippen molar-refractivity contribution in [2.45, 2.75) is 13.3 Å². The molecule has 0 heterocycles. The zero-order chi connectivity index (χ0) is 21.7. The van der Waals surface area contributed by atoms with Gasteiger partial charge in [-0.1, -0.05) is 48.9 Å². The van der Waals surface area contributed by atoms with E-state index in [0.29, 0.717) is 16.5 Å². The monoisotopic (exact) mass is 422 g/mol. The number of carboxylic acid groups (broad SMARTS) is 1. The number of carbonyl (C=O) groups is 1. The maximum absolute atomic E-state index is 11.0. The van der Waals surface area contributed by atoms with Gasteiger partial charge in [0.1, 0.15) is 11.5 Å². The highest BCUT2D eigenvalue weighted by molar-refractivity contribution is 6.32. The van der Waals surface area contributed by atoms with E-state index < -0.39 is 5.97 Å². The molecule has 30 heavy (non-hydrogen) atoms. The molecule has 0 atom stereocenters. The molecule has 0 spiro atoms. The lowest BCUT2D eigenvalue weighted by atomic mass is 9.92. The first-order valence-electron chi connectivity index (χ1n) is 9.53. The number of benzene rings is 3. The first kappa shape index (κ1) is 21.5. The lowest BCUT2D eigenvalue weighted by Gasteiger charge is -2.14. The lowest BCUT2D eigenvalue weighted by Crippen LogP contribution is -1.93. The van der Waals surface area contributed by atoms with Gasteiger partial charge in [-0.05, 0) is 70.1 Å². The molecule has 0 bridgehead atoms. The Bertz CT molecular complexity index is 1100. The molecule has 5 heteroatoms. The minimum Gasteiger partial charge on any atom is -0.497 e. The maximum atomic E-state index is 11.0. The van der Waals surface area contributed by atoms with Crippen LogP contribution in [0.5, 0.6) is 11.5 Å². The third-order valence-corrected chi connectivity index (χ3v) is 5.22. The first-order chi connectivity index (χ1) is 14.5. The van der Waals surface area contributed by atoms with Crippen LogP contribution >= 0.6 is 11.6 Å². The van der Waals surface area contributed by atoms with Crippen molar-refractivity contribution in [1.29, 1.82) is 0 Å². The van der Waals surface area contributed by atoms with Crippen LogP contribution in [0.25, 0.3) is 28.3 Å². The van der Waals surface area contributed by atoms with Crippen molar-refractivity contribution in [3.8, 4) is 33.8 Å². The minimum atomic E-state index is -0.996. The molecule has 0 aromatic heterocycles. The number of aryl methyl sites for hydroxylation is 1.